The molecule has 1 aliphatic rings. The molecule has 0 fully saturated rings. The summed E-state index contributed by atoms with van der Waals surface area (Å²) in [4.78, 5) is 25.0. The molecule has 5 nitrogen and oxygen atoms in total. The summed E-state index contributed by atoms with van der Waals surface area (Å²) in [5.41, 5.74) is 3.04. The van der Waals surface area contributed by atoms with Gasteiger partial charge in [-0.25, -0.2) is 4.98 Å². The molecule has 1 aromatic carbocycles. The smallest absolute Gasteiger partial charge is 0.255 e. The Morgan fingerprint density at radius 2 is 2.04 bits per heavy atom. The third kappa shape index (κ3) is 4.03. The van der Waals surface area contributed by atoms with Crippen molar-refractivity contribution in [2.45, 2.75) is 39.3 Å². The van der Waals surface area contributed by atoms with Gasteiger partial charge in [-0.2, -0.15) is 0 Å². The van der Waals surface area contributed by atoms with E-state index < -0.39 is 0 Å². The average molecular weight is 396 g/mol. The summed E-state index contributed by atoms with van der Waals surface area (Å²) in [6, 6.07) is 12.5. The fourth-order valence-corrected chi connectivity index (χ4v) is 4.67. The predicted molar refractivity (Wildman–Crippen MR) is 113 cm³/mol. The van der Waals surface area contributed by atoms with Gasteiger partial charge in [-0.1, -0.05) is 6.92 Å². The van der Waals surface area contributed by atoms with Crippen LogP contribution in [0.3, 0.4) is 0 Å². The Balaban J connectivity index is 1.46. The van der Waals surface area contributed by atoms with Crippen molar-refractivity contribution in [2.75, 3.05) is 13.7 Å². The first kappa shape index (κ1) is 18.9. The molecule has 0 aliphatic carbocycles. The van der Waals surface area contributed by atoms with Gasteiger partial charge >= 0.3 is 0 Å². The predicted octanol–water partition coefficient (Wildman–Crippen LogP) is 4.02. The van der Waals surface area contributed by atoms with Gasteiger partial charge in [0.25, 0.3) is 5.56 Å². The summed E-state index contributed by atoms with van der Waals surface area (Å²) >= 11 is 1.80. The van der Waals surface area contributed by atoms with E-state index in [4.69, 9.17) is 4.74 Å². The minimum absolute atomic E-state index is 0.0308. The normalized spacial score (nSPS) is 14.1. The first-order valence-corrected chi connectivity index (χ1v) is 10.5. The van der Waals surface area contributed by atoms with Crippen LogP contribution in [0.4, 0.5) is 0 Å². The molecule has 0 bridgehead atoms. The van der Waals surface area contributed by atoms with Crippen molar-refractivity contribution in [3.05, 3.63) is 68.7 Å². The number of rotatable bonds is 6. The van der Waals surface area contributed by atoms with E-state index in [1.54, 1.807) is 18.4 Å². The lowest BCUT2D eigenvalue weighted by Crippen LogP contribution is -2.35. The maximum Gasteiger partial charge on any atom is 0.255 e. The molecule has 0 amide bonds. The summed E-state index contributed by atoms with van der Waals surface area (Å²) in [5.74, 6) is 1.69. The summed E-state index contributed by atoms with van der Waals surface area (Å²) in [5, 5.41) is 0. The van der Waals surface area contributed by atoms with Gasteiger partial charge in [-0.05, 0) is 48.4 Å². The largest absolute Gasteiger partial charge is 0.497 e. The highest BCUT2D eigenvalue weighted by Gasteiger charge is 2.21. The molecule has 1 N–H and O–H groups in total. The molecule has 0 radical (unpaired) electrons. The number of nitrogens with one attached hydrogen (secondary N) is 1. The second kappa shape index (κ2) is 8.29. The highest BCUT2D eigenvalue weighted by Crippen LogP contribution is 2.30. The van der Waals surface area contributed by atoms with Gasteiger partial charge in [0.2, 0.25) is 0 Å². The van der Waals surface area contributed by atoms with E-state index >= 15 is 0 Å². The lowest BCUT2D eigenvalue weighted by molar-refractivity contribution is 0.243. The summed E-state index contributed by atoms with van der Waals surface area (Å²) in [6.07, 6.45) is 2.66. The highest BCUT2D eigenvalue weighted by atomic mass is 32.1. The Hall–Kier alpha value is -2.44. The van der Waals surface area contributed by atoms with Crippen molar-refractivity contribution in [1.29, 1.82) is 0 Å². The van der Waals surface area contributed by atoms with Crippen LogP contribution in [0.15, 0.2) is 41.2 Å². The van der Waals surface area contributed by atoms with E-state index in [0.29, 0.717) is 6.54 Å². The lowest BCUT2D eigenvalue weighted by Gasteiger charge is -2.27. The molecule has 1 aliphatic heterocycles. The number of methoxy groups -OCH3 is 1. The molecular formula is C22H25N3O2S. The molecule has 0 saturated carbocycles. The van der Waals surface area contributed by atoms with Gasteiger partial charge in [-0.15, -0.1) is 11.3 Å². The zero-order chi connectivity index (χ0) is 19.5. The number of hydrogen-bond acceptors (Lipinski definition) is 5. The minimum atomic E-state index is 0.0308. The number of aromatic nitrogens is 2. The molecule has 3 aromatic rings. The Morgan fingerprint density at radius 1 is 1.21 bits per heavy atom. The Kier molecular flexibility index (Phi) is 5.59. The third-order valence-electron chi connectivity index (χ3n) is 5.10. The molecule has 0 spiro atoms. The topological polar surface area (TPSA) is 58.2 Å². The van der Waals surface area contributed by atoms with Gasteiger partial charge in [0.1, 0.15) is 11.6 Å². The number of H-pyrrole nitrogens is 1. The number of aryl methyl sites for hydroxylation is 1. The Bertz CT molecular complexity index is 1010. The number of nitrogens with zero attached hydrogens (tertiary/aromatic N) is 2. The summed E-state index contributed by atoms with van der Waals surface area (Å²) in [7, 11) is 1.68. The second-order valence-corrected chi connectivity index (χ2v) is 8.31. The van der Waals surface area contributed by atoms with E-state index in [1.807, 2.05) is 12.1 Å². The number of ether oxygens (including phenoxy) is 1. The molecule has 0 unspecified atom stereocenters. The molecule has 3 heterocycles. The van der Waals surface area contributed by atoms with Crippen molar-refractivity contribution in [2.24, 2.45) is 0 Å². The van der Waals surface area contributed by atoms with E-state index in [9.17, 15) is 4.79 Å². The van der Waals surface area contributed by atoms with Gasteiger partial charge in [0.05, 0.1) is 18.4 Å². The zero-order valence-electron chi connectivity index (χ0n) is 16.3. The number of hydrogen-bond donors (Lipinski definition) is 1. The van der Waals surface area contributed by atoms with E-state index in [1.165, 1.54) is 15.3 Å². The summed E-state index contributed by atoms with van der Waals surface area (Å²) in [6.45, 7) is 4.56. The van der Waals surface area contributed by atoms with Crippen molar-refractivity contribution in [3.8, 4) is 16.2 Å². The first-order chi connectivity index (χ1) is 13.7. The standard InChI is InChI=1S/C22H25N3O2S/c1-3-4-21-23-19-11-12-25(14-18(19)22(26)24-21)13-17-9-10-20(28-17)15-5-7-16(27-2)8-6-15/h5-10H,3-4,11-14H2,1-2H3,(H,23,24,26). The molecule has 0 saturated heterocycles. The van der Waals surface area contributed by atoms with Crippen molar-refractivity contribution in [1.82, 2.24) is 14.9 Å². The zero-order valence-corrected chi connectivity index (χ0v) is 17.1. The van der Waals surface area contributed by atoms with Crippen molar-refractivity contribution >= 4 is 11.3 Å². The molecule has 146 valence electrons. The van der Waals surface area contributed by atoms with Crippen LogP contribution in [-0.4, -0.2) is 28.5 Å². The maximum absolute atomic E-state index is 12.5. The number of thiophene rings is 1. The molecule has 28 heavy (non-hydrogen) atoms. The van der Waals surface area contributed by atoms with Gasteiger partial charge in [0.15, 0.2) is 0 Å². The number of aromatic amines is 1. The fourth-order valence-electron chi connectivity index (χ4n) is 3.62. The van der Waals surface area contributed by atoms with Crippen LogP contribution in [0.1, 0.15) is 35.3 Å². The van der Waals surface area contributed by atoms with Gasteiger partial charge in [-0.3, -0.25) is 9.69 Å². The maximum atomic E-state index is 12.5. The van der Waals surface area contributed by atoms with Crippen LogP contribution in [0.5, 0.6) is 5.75 Å². The van der Waals surface area contributed by atoms with Crippen molar-refractivity contribution < 1.29 is 4.74 Å². The highest BCUT2D eigenvalue weighted by molar-refractivity contribution is 7.15. The van der Waals surface area contributed by atoms with E-state index in [-0.39, 0.29) is 5.56 Å². The lowest BCUT2D eigenvalue weighted by atomic mass is 10.1. The Labute approximate surface area is 169 Å². The summed E-state index contributed by atoms with van der Waals surface area (Å²) < 4.78 is 5.23. The average Bonchev–Trinajstić information content (AvgIpc) is 3.17. The second-order valence-electron chi connectivity index (χ2n) is 7.14. The fraction of sp³-hybridized carbons (Fsp3) is 0.364. The van der Waals surface area contributed by atoms with Crippen LogP contribution in [-0.2, 0) is 25.9 Å². The monoisotopic (exact) mass is 395 g/mol. The number of fused-ring (bicyclic) bond motifs is 1. The van der Waals surface area contributed by atoms with Crippen LogP contribution >= 0.6 is 11.3 Å². The Morgan fingerprint density at radius 3 is 2.79 bits per heavy atom. The van der Waals surface area contributed by atoms with Crippen LogP contribution in [0.2, 0.25) is 0 Å². The molecule has 2 aromatic heterocycles. The van der Waals surface area contributed by atoms with Crippen LogP contribution < -0.4 is 10.3 Å². The molecule has 4 rings (SSSR count). The van der Waals surface area contributed by atoms with E-state index in [2.05, 4.69) is 46.1 Å². The SMILES string of the molecule is CCCc1nc2c(c(=O)[nH]1)CN(Cc1ccc(-c3ccc(OC)cc3)s1)CC2. The quantitative estimate of drug-likeness (QED) is 0.685. The first-order valence-electron chi connectivity index (χ1n) is 9.72. The van der Waals surface area contributed by atoms with Crippen molar-refractivity contribution in [3.63, 3.8) is 0 Å². The molecule has 0 atom stereocenters. The van der Waals surface area contributed by atoms with Gasteiger partial charge < -0.3 is 9.72 Å². The molecular weight excluding hydrogens is 370 g/mol. The molecule has 6 heteroatoms. The van der Waals surface area contributed by atoms with Crippen LogP contribution in [0, 0.1) is 0 Å². The minimum Gasteiger partial charge on any atom is -0.497 e. The van der Waals surface area contributed by atoms with Gasteiger partial charge in [0, 0.05) is 42.2 Å². The number of benzene rings is 1. The van der Waals surface area contributed by atoms with Crippen LogP contribution in [0.25, 0.3) is 10.4 Å². The van der Waals surface area contributed by atoms with E-state index in [0.717, 1.165) is 55.2 Å². The third-order valence-corrected chi connectivity index (χ3v) is 6.22.